The minimum Gasteiger partial charge on any atom is -0.282 e. The second-order valence-corrected chi connectivity index (χ2v) is 3.78. The lowest BCUT2D eigenvalue weighted by molar-refractivity contribution is 0.108. The summed E-state index contributed by atoms with van der Waals surface area (Å²) in [6.45, 7) is 0. The number of thioether (sulfide) groups is 1. The Labute approximate surface area is 87.5 Å². The van der Waals surface area contributed by atoms with Gasteiger partial charge in [0.25, 0.3) is 0 Å². The van der Waals surface area contributed by atoms with Crippen LogP contribution in [0.25, 0.3) is 0 Å². The molecule has 0 spiro atoms. The Hall–Kier alpha value is -0.470. The van der Waals surface area contributed by atoms with Crippen LogP contribution in [-0.2, 0) is 6.42 Å². The summed E-state index contributed by atoms with van der Waals surface area (Å²) in [5.74, 6) is 0.621. The molecule has 0 aliphatic heterocycles. The zero-order valence-electron chi connectivity index (χ0n) is 7.42. The Morgan fingerprint density at radius 2 is 2.00 bits per heavy atom. The summed E-state index contributed by atoms with van der Waals surface area (Å²) < 4.78 is 0. The van der Waals surface area contributed by atoms with Gasteiger partial charge in [-0.3, -0.25) is 4.79 Å². The molecule has 0 bridgehead atoms. The predicted molar refractivity (Wildman–Crippen MR) is 58.7 cm³/mol. The van der Waals surface area contributed by atoms with Crippen molar-refractivity contribution in [1.29, 1.82) is 0 Å². The normalized spacial score (nSPS) is 10.0. The summed E-state index contributed by atoms with van der Waals surface area (Å²) >= 11 is 6.83. The van der Waals surface area contributed by atoms with Gasteiger partial charge in [0, 0.05) is 11.4 Å². The van der Waals surface area contributed by atoms with E-state index in [9.17, 15) is 4.79 Å². The molecule has 1 aromatic carbocycles. The summed E-state index contributed by atoms with van der Waals surface area (Å²) in [4.78, 5) is 11.2. The molecule has 0 aliphatic carbocycles. The number of benzene rings is 1. The number of hydrogen-bond donors (Lipinski definition) is 0. The van der Waals surface area contributed by atoms with Crippen LogP contribution in [0.4, 0.5) is 0 Å². The molecule has 0 amide bonds. The van der Waals surface area contributed by atoms with Gasteiger partial charge in [-0.05, 0) is 18.2 Å². The Morgan fingerprint density at radius 1 is 1.38 bits per heavy atom. The summed E-state index contributed by atoms with van der Waals surface area (Å²) in [7, 11) is 0. The second kappa shape index (κ2) is 5.30. The van der Waals surface area contributed by atoms with Crippen LogP contribution in [-0.4, -0.2) is 17.3 Å². The molecule has 1 aromatic rings. The molecule has 0 N–H and O–H groups in total. The van der Waals surface area contributed by atoms with Crippen molar-refractivity contribution < 1.29 is 4.79 Å². The van der Waals surface area contributed by atoms with Gasteiger partial charge in [-0.25, -0.2) is 0 Å². The molecule has 0 radical (unpaired) electrons. The minimum atomic E-state index is 0.109. The van der Waals surface area contributed by atoms with E-state index in [1.807, 2.05) is 24.3 Å². The molecular formula is C10H11ClOS. The highest BCUT2D eigenvalue weighted by molar-refractivity contribution is 8.13. The third-order valence-electron chi connectivity index (χ3n) is 1.76. The molecule has 0 unspecified atom stereocenters. The van der Waals surface area contributed by atoms with E-state index in [0.29, 0.717) is 5.88 Å². The van der Waals surface area contributed by atoms with Crippen molar-refractivity contribution in [2.45, 2.75) is 6.42 Å². The highest BCUT2D eigenvalue weighted by Gasteiger charge is 2.02. The van der Waals surface area contributed by atoms with E-state index in [4.69, 9.17) is 11.6 Å². The molecule has 0 fully saturated rings. The number of halogens is 1. The van der Waals surface area contributed by atoms with E-state index in [0.717, 1.165) is 12.0 Å². The highest BCUT2D eigenvalue weighted by atomic mass is 35.5. The van der Waals surface area contributed by atoms with E-state index in [1.165, 1.54) is 17.3 Å². The molecule has 1 nitrogen and oxygen atoms in total. The van der Waals surface area contributed by atoms with Crippen molar-refractivity contribution in [3.63, 3.8) is 0 Å². The first-order valence-electron chi connectivity index (χ1n) is 4.01. The molecule has 0 atom stereocenters. The molecule has 13 heavy (non-hydrogen) atoms. The van der Waals surface area contributed by atoms with Crippen LogP contribution in [0, 0.1) is 0 Å². The molecular weight excluding hydrogens is 204 g/mol. The van der Waals surface area contributed by atoms with Crippen LogP contribution in [0.5, 0.6) is 0 Å². The van der Waals surface area contributed by atoms with E-state index in [-0.39, 0.29) is 5.12 Å². The van der Waals surface area contributed by atoms with Crippen LogP contribution in [0.15, 0.2) is 24.3 Å². The average molecular weight is 215 g/mol. The fourth-order valence-electron chi connectivity index (χ4n) is 1.03. The van der Waals surface area contributed by atoms with Crippen LogP contribution in [0.1, 0.15) is 15.9 Å². The number of hydrogen-bond acceptors (Lipinski definition) is 2. The zero-order valence-corrected chi connectivity index (χ0v) is 8.99. The van der Waals surface area contributed by atoms with Gasteiger partial charge in [0.2, 0.25) is 5.12 Å². The van der Waals surface area contributed by atoms with Gasteiger partial charge in [0.1, 0.15) is 0 Å². The molecule has 70 valence electrons. The van der Waals surface area contributed by atoms with Crippen molar-refractivity contribution in [1.82, 2.24) is 0 Å². The Kier molecular flexibility index (Phi) is 4.33. The molecule has 0 heterocycles. The van der Waals surface area contributed by atoms with Crippen LogP contribution in [0.2, 0.25) is 0 Å². The smallest absolute Gasteiger partial charge is 0.219 e. The fourth-order valence-corrected chi connectivity index (χ4v) is 1.62. The van der Waals surface area contributed by atoms with E-state index >= 15 is 0 Å². The summed E-state index contributed by atoms with van der Waals surface area (Å²) in [6.07, 6.45) is 2.64. The second-order valence-electron chi connectivity index (χ2n) is 2.63. The van der Waals surface area contributed by atoms with Crippen molar-refractivity contribution in [2.75, 3.05) is 12.1 Å². The van der Waals surface area contributed by atoms with Crippen LogP contribution >= 0.6 is 23.4 Å². The topological polar surface area (TPSA) is 17.1 Å². The Balaban J connectivity index is 2.75. The lowest BCUT2D eigenvalue weighted by Crippen LogP contribution is -1.93. The van der Waals surface area contributed by atoms with Gasteiger partial charge in [0.05, 0.1) is 0 Å². The quantitative estimate of drug-likeness (QED) is 0.720. The summed E-state index contributed by atoms with van der Waals surface area (Å²) in [6, 6.07) is 7.60. The van der Waals surface area contributed by atoms with Crippen molar-refractivity contribution >= 4 is 28.5 Å². The Morgan fingerprint density at radius 3 is 2.46 bits per heavy atom. The largest absolute Gasteiger partial charge is 0.282 e. The van der Waals surface area contributed by atoms with Gasteiger partial charge in [-0.2, -0.15) is 0 Å². The van der Waals surface area contributed by atoms with E-state index in [1.54, 1.807) is 6.26 Å². The third-order valence-corrected chi connectivity index (χ3v) is 2.55. The molecule has 1 rings (SSSR count). The van der Waals surface area contributed by atoms with Crippen molar-refractivity contribution in [3.8, 4) is 0 Å². The summed E-state index contributed by atoms with van der Waals surface area (Å²) in [5, 5.41) is 0.109. The van der Waals surface area contributed by atoms with E-state index in [2.05, 4.69) is 0 Å². The van der Waals surface area contributed by atoms with E-state index < -0.39 is 0 Å². The monoisotopic (exact) mass is 214 g/mol. The van der Waals surface area contributed by atoms with Gasteiger partial charge < -0.3 is 0 Å². The average Bonchev–Trinajstić information content (AvgIpc) is 2.18. The van der Waals surface area contributed by atoms with Gasteiger partial charge >= 0.3 is 0 Å². The molecule has 0 aromatic heterocycles. The lowest BCUT2D eigenvalue weighted by Gasteiger charge is -1.99. The fraction of sp³-hybridized carbons (Fsp3) is 0.300. The number of aryl methyl sites for hydroxylation is 1. The van der Waals surface area contributed by atoms with Crippen LogP contribution < -0.4 is 0 Å². The maximum atomic E-state index is 11.2. The maximum Gasteiger partial charge on any atom is 0.219 e. The predicted octanol–water partition coefficient (Wildman–Crippen LogP) is 2.97. The minimum absolute atomic E-state index is 0.109. The summed E-state index contributed by atoms with van der Waals surface area (Å²) in [5.41, 5.74) is 1.93. The SMILES string of the molecule is CSC(=O)c1ccc(CCCl)cc1. The maximum absolute atomic E-state index is 11.2. The first kappa shape index (κ1) is 10.6. The number of carbonyl (C=O) groups excluding carboxylic acids is 1. The number of carbonyl (C=O) groups is 1. The number of alkyl halides is 1. The highest BCUT2D eigenvalue weighted by Crippen LogP contribution is 2.11. The number of rotatable bonds is 3. The Bertz CT molecular complexity index is 281. The van der Waals surface area contributed by atoms with Gasteiger partial charge in [-0.1, -0.05) is 36.0 Å². The molecule has 0 saturated heterocycles. The first-order valence-corrected chi connectivity index (χ1v) is 5.77. The molecule has 3 heteroatoms. The molecule has 0 saturated carbocycles. The van der Waals surface area contributed by atoms with Crippen molar-refractivity contribution in [3.05, 3.63) is 35.4 Å². The van der Waals surface area contributed by atoms with Gasteiger partial charge in [-0.15, -0.1) is 11.6 Å². The van der Waals surface area contributed by atoms with Gasteiger partial charge in [0.15, 0.2) is 0 Å². The molecule has 0 aliphatic rings. The lowest BCUT2D eigenvalue weighted by atomic mass is 10.1. The van der Waals surface area contributed by atoms with Crippen molar-refractivity contribution in [2.24, 2.45) is 0 Å². The first-order chi connectivity index (χ1) is 6.27. The third kappa shape index (κ3) is 3.05. The van der Waals surface area contributed by atoms with Crippen LogP contribution in [0.3, 0.4) is 0 Å². The standard InChI is InChI=1S/C10H11ClOS/c1-13-10(12)9-4-2-8(3-5-9)6-7-11/h2-5H,6-7H2,1H3. The zero-order chi connectivity index (χ0) is 9.68.